The molecule has 5 rings (SSSR count). The molecule has 0 unspecified atom stereocenters. The van der Waals surface area contributed by atoms with Crippen LogP contribution in [0.15, 0.2) is 36.4 Å². The van der Waals surface area contributed by atoms with Crippen LogP contribution in [0.25, 0.3) is 10.9 Å². The number of benzene rings is 2. The molecule has 7 heteroatoms. The maximum atomic E-state index is 13.5. The van der Waals surface area contributed by atoms with Gasteiger partial charge in [0.25, 0.3) is 0 Å². The van der Waals surface area contributed by atoms with Crippen LogP contribution in [-0.2, 0) is 5.41 Å². The molecule has 1 amide bonds. The molecule has 1 saturated heterocycles. The number of hydrogen-bond acceptors (Lipinski definition) is 4. The lowest BCUT2D eigenvalue weighted by Gasteiger charge is -2.41. The third-order valence-corrected chi connectivity index (χ3v) is 6.93. The Morgan fingerprint density at radius 3 is 2.69 bits per heavy atom. The number of aromatic nitrogens is 1. The van der Waals surface area contributed by atoms with E-state index in [0.717, 1.165) is 27.8 Å². The number of aromatic amines is 1. The molecule has 2 aromatic carbocycles. The van der Waals surface area contributed by atoms with Gasteiger partial charge in [0.05, 0.1) is 17.2 Å². The number of amides is 1. The molecule has 0 spiro atoms. The number of H-pyrrole nitrogens is 1. The number of carbonyl (C=O) groups excluding carboxylic acids is 1. The molecule has 0 radical (unpaired) electrons. The van der Waals surface area contributed by atoms with Gasteiger partial charge in [0.15, 0.2) is 5.78 Å². The zero-order valence-corrected chi connectivity index (χ0v) is 18.3. The Balaban J connectivity index is 1.59. The van der Waals surface area contributed by atoms with E-state index < -0.39 is 11.5 Å². The number of piperazine rings is 1. The number of carboxylic acid groups (broad SMARTS) is 1. The molecule has 2 aliphatic rings. The van der Waals surface area contributed by atoms with Crippen LogP contribution in [0.3, 0.4) is 0 Å². The zero-order valence-electron chi connectivity index (χ0n) is 18.3. The summed E-state index contributed by atoms with van der Waals surface area (Å²) in [6, 6.07) is 13.5. The highest BCUT2D eigenvalue weighted by Crippen LogP contribution is 2.45. The van der Waals surface area contributed by atoms with E-state index in [1.165, 1.54) is 4.90 Å². The van der Waals surface area contributed by atoms with Gasteiger partial charge >= 0.3 is 6.09 Å². The minimum absolute atomic E-state index is 0.0134. The summed E-state index contributed by atoms with van der Waals surface area (Å²) in [5, 5.41) is 19.4. The van der Waals surface area contributed by atoms with E-state index in [1.807, 2.05) is 25.1 Å². The number of fused-ring (bicyclic) bond motifs is 4. The highest BCUT2D eigenvalue weighted by molar-refractivity contribution is 6.20. The van der Waals surface area contributed by atoms with Gasteiger partial charge in [0, 0.05) is 58.9 Å². The van der Waals surface area contributed by atoms with E-state index in [-0.39, 0.29) is 11.8 Å². The fraction of sp³-hybridized carbons (Fsp3) is 0.320. The van der Waals surface area contributed by atoms with E-state index in [2.05, 4.69) is 35.9 Å². The average molecular weight is 428 g/mol. The third-order valence-electron chi connectivity index (χ3n) is 6.93. The molecule has 1 aliphatic heterocycles. The number of carbonyl (C=O) groups is 2. The van der Waals surface area contributed by atoms with Crippen molar-refractivity contribution in [2.24, 2.45) is 0 Å². The molecular formula is C25H24N4O3. The zero-order chi connectivity index (χ0) is 22.8. The lowest BCUT2D eigenvalue weighted by Crippen LogP contribution is -2.53. The van der Waals surface area contributed by atoms with Gasteiger partial charge in [-0.05, 0) is 42.8 Å². The Hall–Kier alpha value is -3.79. The SMILES string of the molecule is C[C@H]1CN(C(=O)O)CCN1c1ccc2c(c1)C(C)(C)c1[nH]c3cc(C#N)ccc3c1C2=O. The molecule has 2 heterocycles. The molecule has 1 aromatic heterocycles. The van der Waals surface area contributed by atoms with E-state index in [4.69, 9.17) is 0 Å². The van der Waals surface area contributed by atoms with Crippen LogP contribution >= 0.6 is 0 Å². The fourth-order valence-corrected chi connectivity index (χ4v) is 5.18. The van der Waals surface area contributed by atoms with Crippen LogP contribution in [0, 0.1) is 11.3 Å². The first-order chi connectivity index (χ1) is 15.2. The molecule has 0 saturated carbocycles. The average Bonchev–Trinajstić information content (AvgIpc) is 3.17. The highest BCUT2D eigenvalue weighted by atomic mass is 16.4. The summed E-state index contributed by atoms with van der Waals surface area (Å²) < 4.78 is 0. The van der Waals surface area contributed by atoms with E-state index >= 15 is 0 Å². The summed E-state index contributed by atoms with van der Waals surface area (Å²) in [7, 11) is 0. The number of anilines is 1. The van der Waals surface area contributed by atoms with E-state index in [0.29, 0.717) is 36.3 Å². The van der Waals surface area contributed by atoms with Crippen LogP contribution in [0.4, 0.5) is 10.5 Å². The summed E-state index contributed by atoms with van der Waals surface area (Å²) in [5.41, 5.74) is 5.08. The summed E-state index contributed by atoms with van der Waals surface area (Å²) >= 11 is 0. The fourth-order valence-electron chi connectivity index (χ4n) is 5.18. The first kappa shape index (κ1) is 20.1. The van der Waals surface area contributed by atoms with Crippen LogP contribution in [0.5, 0.6) is 0 Å². The number of nitrogens with one attached hydrogen (secondary N) is 1. The molecule has 3 aromatic rings. The standard InChI is InChI=1S/C25H24N4O3/c1-14-13-28(24(31)32)8-9-29(14)16-5-7-17-19(11-16)25(2,3)23-21(22(17)30)18-6-4-15(12-26)10-20(18)27-23/h4-7,10-11,14,27H,8-9,13H2,1-3H3,(H,31,32)/t14-/m0/s1. The monoisotopic (exact) mass is 428 g/mol. The smallest absolute Gasteiger partial charge is 0.407 e. The normalized spacial score (nSPS) is 19.4. The summed E-state index contributed by atoms with van der Waals surface area (Å²) in [5.74, 6) is -0.0134. The molecule has 7 nitrogen and oxygen atoms in total. The predicted molar refractivity (Wildman–Crippen MR) is 121 cm³/mol. The number of nitriles is 1. The van der Waals surface area contributed by atoms with Crippen molar-refractivity contribution in [2.45, 2.75) is 32.2 Å². The first-order valence-electron chi connectivity index (χ1n) is 10.7. The largest absolute Gasteiger partial charge is 0.465 e. The second-order valence-electron chi connectivity index (χ2n) is 9.20. The Bertz CT molecular complexity index is 1330. The molecule has 2 N–H and O–H groups in total. The molecule has 1 fully saturated rings. The van der Waals surface area contributed by atoms with Crippen molar-refractivity contribution in [3.63, 3.8) is 0 Å². The van der Waals surface area contributed by atoms with Crippen LogP contribution in [0.2, 0.25) is 0 Å². The lowest BCUT2D eigenvalue weighted by molar-refractivity contribution is 0.103. The van der Waals surface area contributed by atoms with Crippen molar-refractivity contribution in [1.29, 1.82) is 5.26 Å². The maximum absolute atomic E-state index is 13.5. The number of nitrogens with zero attached hydrogens (tertiary/aromatic N) is 3. The highest BCUT2D eigenvalue weighted by Gasteiger charge is 2.40. The molecule has 162 valence electrons. The summed E-state index contributed by atoms with van der Waals surface area (Å²) in [4.78, 5) is 31.9. The Morgan fingerprint density at radius 1 is 1.22 bits per heavy atom. The number of hydrogen-bond donors (Lipinski definition) is 2. The van der Waals surface area contributed by atoms with Crippen molar-refractivity contribution in [2.75, 3.05) is 24.5 Å². The van der Waals surface area contributed by atoms with Gasteiger partial charge in [-0.3, -0.25) is 4.79 Å². The topological polar surface area (TPSA) is 100 Å². The quantitative estimate of drug-likeness (QED) is 0.608. The molecule has 1 atom stereocenters. The maximum Gasteiger partial charge on any atom is 0.407 e. The van der Waals surface area contributed by atoms with Gasteiger partial charge in [-0.1, -0.05) is 19.9 Å². The van der Waals surface area contributed by atoms with Gasteiger partial charge in [0.2, 0.25) is 0 Å². The first-order valence-corrected chi connectivity index (χ1v) is 10.7. The molecule has 0 bridgehead atoms. The third kappa shape index (κ3) is 2.79. The minimum atomic E-state index is -0.889. The summed E-state index contributed by atoms with van der Waals surface area (Å²) in [6.07, 6.45) is -0.889. The predicted octanol–water partition coefficient (Wildman–Crippen LogP) is 4.10. The molecular weight excluding hydrogens is 404 g/mol. The van der Waals surface area contributed by atoms with Crippen LogP contribution < -0.4 is 4.90 Å². The van der Waals surface area contributed by atoms with E-state index in [1.54, 1.807) is 12.1 Å². The molecule has 32 heavy (non-hydrogen) atoms. The van der Waals surface area contributed by atoms with Gasteiger partial charge in [-0.2, -0.15) is 5.26 Å². The summed E-state index contributed by atoms with van der Waals surface area (Å²) in [6.45, 7) is 7.73. The van der Waals surface area contributed by atoms with Gasteiger partial charge in [0.1, 0.15) is 0 Å². The Kier molecular flexibility index (Phi) is 4.31. The van der Waals surface area contributed by atoms with Crippen LogP contribution in [0.1, 0.15) is 53.5 Å². The van der Waals surface area contributed by atoms with Crippen LogP contribution in [-0.4, -0.2) is 52.5 Å². The Morgan fingerprint density at radius 2 is 2.00 bits per heavy atom. The number of ketones is 1. The second kappa shape index (κ2) is 6.86. The van der Waals surface area contributed by atoms with Gasteiger partial charge in [-0.15, -0.1) is 0 Å². The Labute approximate surface area is 185 Å². The van der Waals surface area contributed by atoms with E-state index in [9.17, 15) is 20.0 Å². The van der Waals surface area contributed by atoms with Gasteiger partial charge in [-0.25, -0.2) is 4.79 Å². The number of rotatable bonds is 1. The minimum Gasteiger partial charge on any atom is -0.465 e. The van der Waals surface area contributed by atoms with Crippen molar-refractivity contribution < 1.29 is 14.7 Å². The lowest BCUT2D eigenvalue weighted by atomic mass is 9.71. The van der Waals surface area contributed by atoms with Crippen molar-refractivity contribution in [3.05, 3.63) is 64.3 Å². The second-order valence-corrected chi connectivity index (χ2v) is 9.20. The van der Waals surface area contributed by atoms with Crippen molar-refractivity contribution >= 4 is 28.5 Å². The molecule has 1 aliphatic carbocycles. The van der Waals surface area contributed by atoms with Crippen molar-refractivity contribution in [1.82, 2.24) is 9.88 Å². The van der Waals surface area contributed by atoms with Gasteiger partial charge < -0.3 is 19.9 Å². The van der Waals surface area contributed by atoms with Crippen molar-refractivity contribution in [3.8, 4) is 6.07 Å².